The summed E-state index contributed by atoms with van der Waals surface area (Å²) in [4.78, 5) is 10.4. The Labute approximate surface area is 73.8 Å². The number of carboxylic acids is 1. The lowest BCUT2D eigenvalue weighted by Gasteiger charge is -2.15. The van der Waals surface area contributed by atoms with E-state index in [2.05, 4.69) is 0 Å². The third-order valence-electron chi connectivity index (χ3n) is 1.78. The molecule has 1 N–H and O–H groups in total. The molecule has 1 aromatic rings. The van der Waals surface area contributed by atoms with Crippen molar-refractivity contribution in [1.82, 2.24) is 0 Å². The number of aliphatic carboxylic acids is 1. The summed E-state index contributed by atoms with van der Waals surface area (Å²) < 4.78 is 26.3. The number of carboxylic acid groups (broad SMARTS) is 1. The maximum Gasteiger partial charge on any atom is 0.346 e. The van der Waals surface area contributed by atoms with Crippen LogP contribution in [0.15, 0.2) is 24.3 Å². The lowest BCUT2D eigenvalue weighted by Crippen LogP contribution is -2.27. The van der Waals surface area contributed by atoms with Crippen molar-refractivity contribution < 1.29 is 18.7 Å². The number of hydrogen-bond acceptors (Lipinski definition) is 1. The fraction of sp³-hybridized carbons (Fsp3) is 0.222. The summed E-state index contributed by atoms with van der Waals surface area (Å²) in [5.41, 5.74) is -3.13. The average Bonchev–Trinajstić information content (AvgIpc) is 2.04. The standard InChI is InChI=1S/C9H8F2O2/c1-9(11,8(12)13)6-4-2-3-5-7(6)10/h2-5H,1H3,(H,12,13). The van der Waals surface area contributed by atoms with E-state index in [1.54, 1.807) is 0 Å². The highest BCUT2D eigenvalue weighted by Crippen LogP contribution is 2.27. The van der Waals surface area contributed by atoms with Crippen LogP contribution in [0.2, 0.25) is 0 Å². The molecule has 0 heterocycles. The molecule has 0 radical (unpaired) electrons. The van der Waals surface area contributed by atoms with Crippen molar-refractivity contribution in [2.75, 3.05) is 0 Å². The first-order valence-corrected chi connectivity index (χ1v) is 3.63. The molecule has 1 aromatic carbocycles. The van der Waals surface area contributed by atoms with E-state index in [1.807, 2.05) is 0 Å². The van der Waals surface area contributed by atoms with Gasteiger partial charge in [-0.15, -0.1) is 0 Å². The summed E-state index contributed by atoms with van der Waals surface area (Å²) in [6, 6.07) is 4.90. The van der Waals surface area contributed by atoms with Gasteiger partial charge >= 0.3 is 5.97 Å². The van der Waals surface area contributed by atoms with Crippen molar-refractivity contribution in [2.45, 2.75) is 12.6 Å². The summed E-state index contributed by atoms with van der Waals surface area (Å²) in [6.07, 6.45) is 0. The Morgan fingerprint density at radius 1 is 1.46 bits per heavy atom. The Bertz CT molecular complexity index is 334. The van der Waals surface area contributed by atoms with Crippen LogP contribution in [-0.4, -0.2) is 11.1 Å². The van der Waals surface area contributed by atoms with Crippen molar-refractivity contribution in [2.24, 2.45) is 0 Å². The fourth-order valence-electron chi connectivity index (χ4n) is 0.957. The molecule has 0 aliphatic carbocycles. The predicted octanol–water partition coefficient (Wildman–Crippen LogP) is 2.10. The van der Waals surface area contributed by atoms with Crippen LogP contribution >= 0.6 is 0 Å². The van der Waals surface area contributed by atoms with Crippen LogP contribution in [0.5, 0.6) is 0 Å². The Hall–Kier alpha value is -1.45. The first kappa shape index (κ1) is 9.64. The molecule has 0 spiro atoms. The van der Waals surface area contributed by atoms with Crippen LogP contribution in [0, 0.1) is 5.82 Å². The quantitative estimate of drug-likeness (QED) is 0.767. The molecule has 0 bridgehead atoms. The van der Waals surface area contributed by atoms with Gasteiger partial charge in [0.1, 0.15) is 5.82 Å². The van der Waals surface area contributed by atoms with Gasteiger partial charge in [0.15, 0.2) is 0 Å². The van der Waals surface area contributed by atoms with Crippen LogP contribution in [0.3, 0.4) is 0 Å². The van der Waals surface area contributed by atoms with Crippen LogP contribution < -0.4 is 0 Å². The number of halogens is 2. The maximum absolute atomic E-state index is 13.4. The van der Waals surface area contributed by atoms with Gasteiger partial charge in [-0.2, -0.15) is 0 Å². The molecule has 1 rings (SSSR count). The molecule has 1 unspecified atom stereocenters. The van der Waals surface area contributed by atoms with Gasteiger partial charge in [-0.3, -0.25) is 0 Å². The van der Waals surface area contributed by atoms with Crippen LogP contribution in [0.25, 0.3) is 0 Å². The minimum absolute atomic E-state index is 0.456. The Morgan fingerprint density at radius 2 is 2.00 bits per heavy atom. The van der Waals surface area contributed by atoms with E-state index in [9.17, 15) is 13.6 Å². The van der Waals surface area contributed by atoms with Crippen LogP contribution in [-0.2, 0) is 10.5 Å². The second-order valence-electron chi connectivity index (χ2n) is 2.79. The predicted molar refractivity (Wildman–Crippen MR) is 42.5 cm³/mol. The van der Waals surface area contributed by atoms with Gasteiger partial charge in [-0.05, 0) is 13.0 Å². The van der Waals surface area contributed by atoms with Crippen molar-refractivity contribution in [1.29, 1.82) is 0 Å². The van der Waals surface area contributed by atoms with Gasteiger partial charge in [0, 0.05) is 5.56 Å². The highest BCUT2D eigenvalue weighted by atomic mass is 19.1. The summed E-state index contributed by atoms with van der Waals surface area (Å²) in [6.45, 7) is 0.813. The molecule has 0 saturated heterocycles. The van der Waals surface area contributed by atoms with Gasteiger partial charge in [0.05, 0.1) is 0 Å². The zero-order valence-corrected chi connectivity index (χ0v) is 6.92. The first-order valence-electron chi connectivity index (χ1n) is 3.63. The van der Waals surface area contributed by atoms with Crippen LogP contribution in [0.4, 0.5) is 8.78 Å². The number of hydrogen-bond donors (Lipinski definition) is 1. The molecule has 0 aromatic heterocycles. The topological polar surface area (TPSA) is 37.3 Å². The zero-order valence-electron chi connectivity index (χ0n) is 6.92. The minimum Gasteiger partial charge on any atom is -0.479 e. The second-order valence-corrected chi connectivity index (χ2v) is 2.79. The monoisotopic (exact) mass is 186 g/mol. The van der Waals surface area contributed by atoms with Gasteiger partial charge in [-0.1, -0.05) is 18.2 Å². The molecule has 0 aliphatic heterocycles. The number of alkyl halides is 1. The smallest absolute Gasteiger partial charge is 0.346 e. The zero-order chi connectivity index (χ0) is 10.1. The summed E-state index contributed by atoms with van der Waals surface area (Å²) in [5, 5.41) is 8.48. The highest BCUT2D eigenvalue weighted by molar-refractivity contribution is 5.78. The fourth-order valence-corrected chi connectivity index (χ4v) is 0.957. The molecule has 0 aliphatic rings. The van der Waals surface area contributed by atoms with E-state index in [4.69, 9.17) is 5.11 Å². The third kappa shape index (κ3) is 1.66. The molecule has 70 valence electrons. The van der Waals surface area contributed by atoms with Crippen molar-refractivity contribution >= 4 is 5.97 Å². The van der Waals surface area contributed by atoms with Crippen molar-refractivity contribution in [3.8, 4) is 0 Å². The third-order valence-corrected chi connectivity index (χ3v) is 1.78. The molecular formula is C9H8F2O2. The summed E-state index contributed by atoms with van der Waals surface area (Å²) in [7, 11) is 0. The van der Waals surface area contributed by atoms with Gasteiger partial charge in [-0.25, -0.2) is 13.6 Å². The van der Waals surface area contributed by atoms with E-state index < -0.39 is 23.0 Å². The Morgan fingerprint density at radius 3 is 2.46 bits per heavy atom. The van der Waals surface area contributed by atoms with E-state index in [-0.39, 0.29) is 0 Å². The molecule has 1 atom stereocenters. The van der Waals surface area contributed by atoms with Gasteiger partial charge < -0.3 is 5.11 Å². The number of rotatable bonds is 2. The van der Waals surface area contributed by atoms with Crippen molar-refractivity contribution in [3.05, 3.63) is 35.6 Å². The average molecular weight is 186 g/mol. The molecule has 0 saturated carbocycles. The Balaban J connectivity index is 3.22. The van der Waals surface area contributed by atoms with Gasteiger partial charge in [0.25, 0.3) is 0 Å². The second kappa shape index (κ2) is 3.12. The van der Waals surface area contributed by atoms with Crippen molar-refractivity contribution in [3.63, 3.8) is 0 Å². The van der Waals surface area contributed by atoms with Crippen LogP contribution in [0.1, 0.15) is 12.5 Å². The molecule has 4 heteroatoms. The molecule has 13 heavy (non-hydrogen) atoms. The summed E-state index contributed by atoms with van der Waals surface area (Å²) in [5.74, 6) is -2.55. The highest BCUT2D eigenvalue weighted by Gasteiger charge is 2.37. The largest absolute Gasteiger partial charge is 0.479 e. The SMILES string of the molecule is CC(F)(C(=O)O)c1ccccc1F. The lowest BCUT2D eigenvalue weighted by atomic mass is 9.98. The normalized spacial score (nSPS) is 15.0. The number of carbonyl (C=O) groups is 1. The molecule has 0 amide bonds. The minimum atomic E-state index is -2.68. The van der Waals surface area contributed by atoms with E-state index in [0.29, 0.717) is 0 Å². The lowest BCUT2D eigenvalue weighted by molar-refractivity contribution is -0.150. The Kier molecular flexibility index (Phi) is 2.32. The molecular weight excluding hydrogens is 178 g/mol. The molecule has 0 fully saturated rings. The number of benzene rings is 1. The van der Waals surface area contributed by atoms with Gasteiger partial charge in [0.2, 0.25) is 5.67 Å². The summed E-state index contributed by atoms with van der Waals surface area (Å²) >= 11 is 0. The van der Waals surface area contributed by atoms with E-state index >= 15 is 0 Å². The maximum atomic E-state index is 13.4. The molecule has 2 nitrogen and oxygen atoms in total. The van der Waals surface area contributed by atoms with E-state index in [1.165, 1.54) is 12.1 Å². The van der Waals surface area contributed by atoms with E-state index in [0.717, 1.165) is 19.1 Å². The first-order chi connectivity index (χ1) is 5.96.